The Hall–Kier alpha value is -4.56. The Morgan fingerprint density at radius 2 is 1.57 bits per heavy atom. The molecule has 0 radical (unpaired) electrons. The molecule has 0 aliphatic carbocycles. The van der Waals surface area contributed by atoms with Crippen LogP contribution in [0.5, 0.6) is 0 Å². The van der Waals surface area contributed by atoms with Crippen molar-refractivity contribution in [3.05, 3.63) is 101 Å². The van der Waals surface area contributed by atoms with E-state index in [2.05, 4.69) is 27.8 Å². The predicted octanol–water partition coefficient (Wildman–Crippen LogP) is 2.62. The number of halogens is 1. The first kappa shape index (κ1) is 31.7. The highest BCUT2D eigenvalue weighted by atomic mass is 19.1. The van der Waals surface area contributed by atoms with Gasteiger partial charge in [-0.2, -0.15) is 0 Å². The minimum atomic E-state index is -1.31. The Morgan fingerprint density at radius 1 is 0.950 bits per heavy atom. The van der Waals surface area contributed by atoms with Crippen LogP contribution in [0.4, 0.5) is 10.1 Å². The number of hydrogen-bond donors (Lipinski definition) is 6. The van der Waals surface area contributed by atoms with E-state index in [-0.39, 0.29) is 31.3 Å². The maximum Gasteiger partial charge on any atom is 0.268 e. The molecule has 0 spiro atoms. The molecular formula is C30H33FN4O5. The van der Waals surface area contributed by atoms with Gasteiger partial charge in [0.05, 0.1) is 12.6 Å². The van der Waals surface area contributed by atoms with Crippen LogP contribution in [0, 0.1) is 17.7 Å². The summed E-state index contributed by atoms with van der Waals surface area (Å²) in [5.41, 5.74) is 4.51. The molecule has 0 aliphatic rings. The third kappa shape index (κ3) is 9.96. The standard InChI is InChI=1S/C29H29FN4O5.CH4/c1-19(35)27(29(38)34-39)33-28(37)23-11-7-20(8-12-23)5-6-21-9-13-25(14-10-21)32-26(36)18-31-16-15-22-3-2-4-24(30)17-22;/h2-4,7-14,17,19,27,31,35,39H,15-16,18H2,1H3,(H,32,36)(H,33,37)(H,34,38);1H4/t19-,27+;/m1./s1. The van der Waals surface area contributed by atoms with Gasteiger partial charge in [-0.3, -0.25) is 19.6 Å². The van der Waals surface area contributed by atoms with E-state index in [1.54, 1.807) is 42.5 Å². The summed E-state index contributed by atoms with van der Waals surface area (Å²) in [6, 6.07) is 18.4. The van der Waals surface area contributed by atoms with Crippen molar-refractivity contribution in [2.24, 2.45) is 0 Å². The molecule has 3 aromatic rings. The van der Waals surface area contributed by atoms with Crippen LogP contribution in [0.15, 0.2) is 72.8 Å². The van der Waals surface area contributed by atoms with E-state index in [9.17, 15) is 23.9 Å². The average molecular weight is 549 g/mol. The largest absolute Gasteiger partial charge is 0.391 e. The Kier molecular flexibility index (Phi) is 12.5. The van der Waals surface area contributed by atoms with Gasteiger partial charge in [-0.15, -0.1) is 0 Å². The maximum absolute atomic E-state index is 13.2. The van der Waals surface area contributed by atoms with Crippen molar-refractivity contribution in [1.82, 2.24) is 16.1 Å². The van der Waals surface area contributed by atoms with Gasteiger partial charge in [-0.25, -0.2) is 9.87 Å². The van der Waals surface area contributed by atoms with Crippen molar-refractivity contribution in [3.8, 4) is 11.8 Å². The van der Waals surface area contributed by atoms with E-state index < -0.39 is 24.0 Å². The number of carbonyl (C=O) groups excluding carboxylic acids is 3. The molecule has 9 nitrogen and oxygen atoms in total. The van der Waals surface area contributed by atoms with Crippen molar-refractivity contribution in [1.29, 1.82) is 0 Å². The lowest BCUT2D eigenvalue weighted by molar-refractivity contribution is -0.133. The molecule has 210 valence electrons. The lowest BCUT2D eigenvalue weighted by Crippen LogP contribution is -2.51. The Morgan fingerprint density at radius 3 is 2.15 bits per heavy atom. The van der Waals surface area contributed by atoms with Crippen molar-refractivity contribution in [2.45, 2.75) is 32.9 Å². The molecule has 0 heterocycles. The van der Waals surface area contributed by atoms with E-state index in [4.69, 9.17) is 5.21 Å². The minimum Gasteiger partial charge on any atom is -0.391 e. The normalized spacial score (nSPS) is 11.6. The molecule has 40 heavy (non-hydrogen) atoms. The van der Waals surface area contributed by atoms with E-state index in [0.29, 0.717) is 24.2 Å². The van der Waals surface area contributed by atoms with Crippen LogP contribution in [-0.4, -0.2) is 53.3 Å². The lowest BCUT2D eigenvalue weighted by atomic mass is 10.1. The molecule has 10 heteroatoms. The number of nitrogens with one attached hydrogen (secondary N) is 4. The number of anilines is 1. The van der Waals surface area contributed by atoms with Gasteiger partial charge in [0.1, 0.15) is 11.9 Å². The molecule has 6 N–H and O–H groups in total. The van der Waals surface area contributed by atoms with E-state index >= 15 is 0 Å². The molecule has 0 fully saturated rings. The topological polar surface area (TPSA) is 140 Å². The Labute approximate surface area is 232 Å². The van der Waals surface area contributed by atoms with Gasteiger partial charge in [-0.1, -0.05) is 31.4 Å². The monoisotopic (exact) mass is 548 g/mol. The molecule has 0 aliphatic heterocycles. The summed E-state index contributed by atoms with van der Waals surface area (Å²) in [7, 11) is 0. The quantitative estimate of drug-likeness (QED) is 0.0997. The number of aliphatic hydroxyl groups excluding tert-OH is 1. The number of amides is 3. The predicted molar refractivity (Wildman–Crippen MR) is 150 cm³/mol. The van der Waals surface area contributed by atoms with Crippen molar-refractivity contribution in [3.63, 3.8) is 0 Å². The highest BCUT2D eigenvalue weighted by Crippen LogP contribution is 2.10. The number of carbonyl (C=O) groups is 3. The molecule has 3 aromatic carbocycles. The minimum absolute atomic E-state index is 0. The summed E-state index contributed by atoms with van der Waals surface area (Å²) in [4.78, 5) is 36.1. The average Bonchev–Trinajstić information content (AvgIpc) is 2.93. The van der Waals surface area contributed by atoms with E-state index in [1.807, 2.05) is 6.07 Å². The first-order chi connectivity index (χ1) is 18.7. The lowest BCUT2D eigenvalue weighted by Gasteiger charge is -2.19. The fraction of sp³-hybridized carbons (Fsp3) is 0.233. The molecule has 0 bridgehead atoms. The van der Waals surface area contributed by atoms with E-state index in [0.717, 1.165) is 11.1 Å². The number of hydroxylamine groups is 1. The molecular weight excluding hydrogens is 515 g/mol. The highest BCUT2D eigenvalue weighted by Gasteiger charge is 2.25. The van der Waals surface area contributed by atoms with Gasteiger partial charge in [0.15, 0.2) is 0 Å². The summed E-state index contributed by atoms with van der Waals surface area (Å²) in [6.07, 6.45) is -0.595. The van der Waals surface area contributed by atoms with Gasteiger partial charge >= 0.3 is 0 Å². The maximum atomic E-state index is 13.2. The van der Waals surface area contributed by atoms with Gasteiger partial charge in [0.25, 0.3) is 11.8 Å². The SMILES string of the molecule is C.C[C@@H](O)[C@H](NC(=O)c1ccc(C#Cc2ccc(NC(=O)CNCCc3cccc(F)c3)cc2)cc1)C(=O)NO. The second-order valence-electron chi connectivity index (χ2n) is 8.68. The van der Waals surface area contributed by atoms with Crippen LogP contribution in [0.2, 0.25) is 0 Å². The van der Waals surface area contributed by atoms with E-state index in [1.165, 1.54) is 36.7 Å². The zero-order valence-electron chi connectivity index (χ0n) is 21.2. The van der Waals surface area contributed by atoms with Crippen LogP contribution in [0.25, 0.3) is 0 Å². The molecule has 0 unspecified atom stereocenters. The van der Waals surface area contributed by atoms with Gasteiger partial charge in [0, 0.05) is 22.4 Å². The molecule has 0 saturated heterocycles. The number of hydrogen-bond acceptors (Lipinski definition) is 6. The molecule has 0 saturated carbocycles. The fourth-order valence-electron chi connectivity index (χ4n) is 3.52. The second-order valence-corrected chi connectivity index (χ2v) is 8.68. The summed E-state index contributed by atoms with van der Waals surface area (Å²) in [5.74, 6) is 3.99. The zero-order valence-corrected chi connectivity index (χ0v) is 21.2. The smallest absolute Gasteiger partial charge is 0.268 e. The summed E-state index contributed by atoms with van der Waals surface area (Å²) < 4.78 is 13.2. The van der Waals surface area contributed by atoms with Gasteiger partial charge in [0.2, 0.25) is 5.91 Å². The Bertz CT molecular complexity index is 1350. The highest BCUT2D eigenvalue weighted by molar-refractivity contribution is 5.97. The van der Waals surface area contributed by atoms with Crippen molar-refractivity contribution >= 4 is 23.4 Å². The number of rotatable bonds is 10. The van der Waals surface area contributed by atoms with Crippen LogP contribution >= 0.6 is 0 Å². The first-order valence-electron chi connectivity index (χ1n) is 12.1. The third-order valence-corrected chi connectivity index (χ3v) is 5.59. The first-order valence-corrected chi connectivity index (χ1v) is 12.1. The Balaban J connectivity index is 0.00000560. The van der Waals surface area contributed by atoms with Gasteiger partial charge < -0.3 is 21.1 Å². The van der Waals surface area contributed by atoms with Crippen LogP contribution in [0.3, 0.4) is 0 Å². The van der Waals surface area contributed by atoms with Crippen LogP contribution in [0.1, 0.15) is 41.4 Å². The number of aliphatic hydroxyl groups is 1. The summed E-state index contributed by atoms with van der Waals surface area (Å²) in [5, 5.41) is 26.6. The third-order valence-electron chi connectivity index (χ3n) is 5.59. The molecule has 3 rings (SSSR count). The summed E-state index contributed by atoms with van der Waals surface area (Å²) >= 11 is 0. The second kappa shape index (κ2) is 15.8. The zero-order chi connectivity index (χ0) is 28.2. The number of benzene rings is 3. The van der Waals surface area contributed by atoms with Gasteiger partial charge in [-0.05, 0) is 86.1 Å². The fourth-order valence-corrected chi connectivity index (χ4v) is 3.52. The molecule has 3 amide bonds. The molecule has 2 atom stereocenters. The van der Waals surface area contributed by atoms with Crippen LogP contribution < -0.4 is 21.4 Å². The summed E-state index contributed by atoms with van der Waals surface area (Å²) in [6.45, 7) is 1.98. The molecule has 0 aromatic heterocycles. The van der Waals surface area contributed by atoms with Crippen LogP contribution in [-0.2, 0) is 16.0 Å². The van der Waals surface area contributed by atoms with Crippen molar-refractivity contribution < 1.29 is 29.1 Å². The van der Waals surface area contributed by atoms with Crippen molar-refractivity contribution in [2.75, 3.05) is 18.4 Å².